The van der Waals surface area contributed by atoms with Gasteiger partial charge in [0, 0.05) is 5.92 Å². The first-order valence-electron chi connectivity index (χ1n) is 9.84. The van der Waals surface area contributed by atoms with Gasteiger partial charge in [0.25, 0.3) is 0 Å². The molecule has 7 heteroatoms. The molecule has 0 saturated carbocycles. The molecule has 0 bridgehead atoms. The minimum atomic E-state index is -1.30. The lowest BCUT2D eigenvalue weighted by Crippen LogP contribution is -2.47. The largest absolute Gasteiger partial charge is 0.479 e. The molecule has 0 heterocycles. The predicted octanol–water partition coefficient (Wildman–Crippen LogP) is 4.20. The number of hydrogen-bond donors (Lipinski definition) is 2. The molecule has 7 nitrogen and oxygen atoms in total. The Bertz CT molecular complexity index is 909. The van der Waals surface area contributed by atoms with E-state index in [0.717, 1.165) is 22.3 Å². The van der Waals surface area contributed by atoms with E-state index in [1.54, 1.807) is 13.8 Å². The highest BCUT2D eigenvalue weighted by atomic mass is 16.6. The smallest absolute Gasteiger partial charge is 0.407 e. The lowest BCUT2D eigenvalue weighted by Gasteiger charge is -2.22. The first-order valence-corrected chi connectivity index (χ1v) is 9.84. The maximum absolute atomic E-state index is 12.4. The number of rotatable bonds is 7. The van der Waals surface area contributed by atoms with E-state index in [4.69, 9.17) is 14.6 Å². The molecule has 0 aromatic heterocycles. The van der Waals surface area contributed by atoms with E-state index < -0.39 is 30.2 Å². The van der Waals surface area contributed by atoms with Crippen molar-refractivity contribution in [3.63, 3.8) is 0 Å². The normalized spacial score (nSPS) is 13.9. The predicted molar refractivity (Wildman–Crippen MR) is 117 cm³/mol. The molecule has 166 valence electrons. The summed E-state index contributed by atoms with van der Waals surface area (Å²) in [6.07, 6.45) is -2.06. The van der Waals surface area contributed by atoms with Crippen LogP contribution in [0, 0.1) is 5.92 Å². The minimum Gasteiger partial charge on any atom is -0.479 e. The summed E-state index contributed by atoms with van der Waals surface area (Å²) >= 11 is 0. The average molecular weight is 427 g/mol. The third kappa shape index (κ3) is 5.23. The Morgan fingerprint density at radius 1 is 0.968 bits per heavy atom. The summed E-state index contributed by atoms with van der Waals surface area (Å²) in [5.74, 6) is -2.47. The summed E-state index contributed by atoms with van der Waals surface area (Å²) in [7, 11) is 0. The summed E-state index contributed by atoms with van der Waals surface area (Å²) in [5.41, 5.74) is 4.41. The van der Waals surface area contributed by atoms with Crippen LogP contribution in [0.1, 0.15) is 45.2 Å². The van der Waals surface area contributed by atoms with Crippen molar-refractivity contribution in [1.82, 2.24) is 5.32 Å². The van der Waals surface area contributed by atoms with Crippen molar-refractivity contribution in [3.8, 4) is 11.1 Å². The molecular weight excluding hydrogens is 398 g/mol. The molecule has 2 aromatic carbocycles. The Morgan fingerprint density at radius 3 is 1.97 bits per heavy atom. The molecule has 1 aliphatic rings. The average Bonchev–Trinajstić information content (AvgIpc) is 3.04. The highest BCUT2D eigenvalue weighted by molar-refractivity contribution is 5.84. The lowest BCUT2D eigenvalue weighted by atomic mass is 9.98. The lowest BCUT2D eigenvalue weighted by molar-refractivity contribution is -0.164. The summed E-state index contributed by atoms with van der Waals surface area (Å²) < 4.78 is 10.3. The highest BCUT2D eigenvalue weighted by Crippen LogP contribution is 2.44. The number of carbonyl (C=O) groups is 3. The van der Waals surface area contributed by atoms with Crippen LogP contribution in [0.15, 0.2) is 48.5 Å². The monoisotopic (exact) mass is 427 g/mol. The zero-order valence-corrected chi connectivity index (χ0v) is 17.1. The fourth-order valence-electron chi connectivity index (χ4n) is 3.56. The third-order valence-corrected chi connectivity index (χ3v) is 5.18. The van der Waals surface area contributed by atoms with Crippen LogP contribution in [0.25, 0.3) is 11.1 Å². The molecule has 3 rings (SSSR count). The number of benzene rings is 2. The minimum absolute atomic E-state index is 0. The van der Waals surface area contributed by atoms with Gasteiger partial charge in [-0.2, -0.15) is 0 Å². The van der Waals surface area contributed by atoms with Crippen molar-refractivity contribution < 1.29 is 29.0 Å². The molecule has 1 amide bonds. The van der Waals surface area contributed by atoms with Crippen LogP contribution in [0.5, 0.6) is 0 Å². The molecule has 2 atom stereocenters. The van der Waals surface area contributed by atoms with Gasteiger partial charge in [-0.25, -0.2) is 14.4 Å². The van der Waals surface area contributed by atoms with Gasteiger partial charge in [-0.05, 0) is 35.1 Å². The second-order valence-electron chi connectivity index (χ2n) is 7.61. The number of carbonyl (C=O) groups excluding carboxylic acids is 2. The number of alkyl carbamates (subject to hydrolysis) is 1. The van der Waals surface area contributed by atoms with Gasteiger partial charge in [0.1, 0.15) is 12.6 Å². The molecule has 0 saturated heterocycles. The number of amides is 1. The molecule has 0 spiro atoms. The topological polar surface area (TPSA) is 102 Å². The van der Waals surface area contributed by atoms with Crippen LogP contribution in [0.4, 0.5) is 4.79 Å². The molecular formula is C24H29NO6. The molecule has 2 aromatic rings. The Morgan fingerprint density at radius 2 is 1.48 bits per heavy atom. The van der Waals surface area contributed by atoms with Crippen LogP contribution < -0.4 is 5.32 Å². The zero-order valence-electron chi connectivity index (χ0n) is 17.1. The van der Waals surface area contributed by atoms with Crippen molar-refractivity contribution in [2.45, 2.75) is 46.3 Å². The molecule has 0 radical (unpaired) electrons. The van der Waals surface area contributed by atoms with Gasteiger partial charge in [-0.3, -0.25) is 0 Å². The van der Waals surface area contributed by atoms with Crippen LogP contribution in [-0.2, 0) is 19.1 Å². The van der Waals surface area contributed by atoms with Crippen molar-refractivity contribution >= 4 is 18.0 Å². The first kappa shape index (κ1) is 23.9. The summed E-state index contributed by atoms with van der Waals surface area (Å²) in [4.78, 5) is 35.6. The van der Waals surface area contributed by atoms with E-state index in [1.807, 2.05) is 48.5 Å². The van der Waals surface area contributed by atoms with Crippen LogP contribution in [0.2, 0.25) is 0 Å². The van der Waals surface area contributed by atoms with Crippen molar-refractivity contribution in [3.05, 3.63) is 59.7 Å². The molecule has 0 fully saturated rings. The van der Waals surface area contributed by atoms with Crippen LogP contribution in [0.3, 0.4) is 0 Å². The van der Waals surface area contributed by atoms with Gasteiger partial charge in [-0.1, -0.05) is 69.8 Å². The number of nitrogens with one attached hydrogen (secondary N) is 1. The Labute approximate surface area is 182 Å². The van der Waals surface area contributed by atoms with Gasteiger partial charge in [-0.15, -0.1) is 0 Å². The summed E-state index contributed by atoms with van der Waals surface area (Å²) in [5, 5.41) is 11.4. The third-order valence-electron chi connectivity index (χ3n) is 5.18. The second kappa shape index (κ2) is 10.1. The Balaban J connectivity index is 0.00000341. The number of carboxylic acid groups (broad SMARTS) is 1. The Kier molecular flexibility index (Phi) is 7.80. The fraction of sp³-hybridized carbons (Fsp3) is 0.375. The molecule has 0 unspecified atom stereocenters. The number of aliphatic carboxylic acids is 1. The van der Waals surface area contributed by atoms with E-state index in [0.29, 0.717) is 0 Å². The van der Waals surface area contributed by atoms with E-state index in [2.05, 4.69) is 5.32 Å². The number of carboxylic acids is 1. The van der Waals surface area contributed by atoms with Gasteiger partial charge in [0.2, 0.25) is 0 Å². The van der Waals surface area contributed by atoms with Gasteiger partial charge in [0.05, 0.1) is 0 Å². The molecule has 0 aliphatic heterocycles. The summed E-state index contributed by atoms with van der Waals surface area (Å²) in [6.45, 7) is 4.82. The molecule has 1 aliphatic carbocycles. The first-order chi connectivity index (χ1) is 14.3. The van der Waals surface area contributed by atoms with E-state index in [-0.39, 0.29) is 25.9 Å². The van der Waals surface area contributed by atoms with E-state index in [1.165, 1.54) is 6.92 Å². The van der Waals surface area contributed by atoms with Crippen LogP contribution in [-0.4, -0.2) is 41.9 Å². The standard InChI is InChI=1S/C23H25NO6.CH4/c1-13(2)20(22(27)30-14(3)21(25)26)24-23(28)29-12-19-17-10-6-4-8-15(17)16-9-5-7-11-18(16)19;/h4-11,13-14,19-20H,12H2,1-3H3,(H,24,28)(H,25,26);1H4/t14-,20+;/m0./s1. The summed E-state index contributed by atoms with van der Waals surface area (Å²) in [6, 6.07) is 15.0. The SMILES string of the molecule is C.CC(C)[C@@H](NC(=O)OCC1c2ccccc2-c2ccccc21)C(=O)O[C@@H](C)C(=O)O. The quantitative estimate of drug-likeness (QED) is 0.642. The Hall–Kier alpha value is -3.35. The zero-order chi connectivity index (χ0) is 21.8. The van der Waals surface area contributed by atoms with E-state index >= 15 is 0 Å². The number of esters is 1. The maximum atomic E-state index is 12.4. The number of hydrogen-bond acceptors (Lipinski definition) is 5. The maximum Gasteiger partial charge on any atom is 0.407 e. The van der Waals surface area contributed by atoms with Crippen molar-refractivity contribution in [2.24, 2.45) is 5.92 Å². The van der Waals surface area contributed by atoms with Crippen molar-refractivity contribution in [2.75, 3.05) is 6.61 Å². The van der Waals surface area contributed by atoms with Crippen LogP contribution >= 0.6 is 0 Å². The van der Waals surface area contributed by atoms with Gasteiger partial charge < -0.3 is 19.9 Å². The number of ether oxygens (including phenoxy) is 2. The van der Waals surface area contributed by atoms with Gasteiger partial charge in [0.15, 0.2) is 6.10 Å². The van der Waals surface area contributed by atoms with Gasteiger partial charge >= 0.3 is 18.0 Å². The van der Waals surface area contributed by atoms with Crippen molar-refractivity contribution in [1.29, 1.82) is 0 Å². The number of fused-ring (bicyclic) bond motifs is 3. The van der Waals surface area contributed by atoms with E-state index in [9.17, 15) is 14.4 Å². The highest BCUT2D eigenvalue weighted by Gasteiger charge is 2.31. The second-order valence-corrected chi connectivity index (χ2v) is 7.61. The molecule has 2 N–H and O–H groups in total. The fourth-order valence-corrected chi connectivity index (χ4v) is 3.56. The molecule has 31 heavy (non-hydrogen) atoms.